The summed E-state index contributed by atoms with van der Waals surface area (Å²) in [4.78, 5) is 33.0. The Kier molecular flexibility index (Phi) is 8.29. The maximum atomic E-state index is 13.0. The van der Waals surface area contributed by atoms with Crippen LogP contribution in [0.25, 0.3) is 0 Å². The summed E-state index contributed by atoms with van der Waals surface area (Å²) < 4.78 is 0. The fraction of sp³-hybridized carbons (Fsp3) is 0.762. The summed E-state index contributed by atoms with van der Waals surface area (Å²) >= 11 is 1.39. The van der Waals surface area contributed by atoms with Gasteiger partial charge < -0.3 is 16.4 Å². The van der Waals surface area contributed by atoms with E-state index in [0.717, 1.165) is 56.5 Å². The highest BCUT2D eigenvalue weighted by Gasteiger charge is 2.31. The smallest absolute Gasteiger partial charge is 0.237 e. The van der Waals surface area contributed by atoms with Gasteiger partial charge in [0.1, 0.15) is 0 Å². The Hall–Kier alpha value is -1.67. The molecule has 0 spiro atoms. The Morgan fingerprint density at radius 3 is 2.48 bits per heavy atom. The zero-order chi connectivity index (χ0) is 20.6. The molecule has 8 heteroatoms. The first kappa shape index (κ1) is 22.0. The van der Waals surface area contributed by atoms with Crippen LogP contribution in [-0.2, 0) is 16.1 Å². The number of amides is 2. The summed E-state index contributed by atoms with van der Waals surface area (Å²) in [5, 5.41) is 6.64. The fourth-order valence-corrected chi connectivity index (χ4v) is 5.17. The topological polar surface area (TPSA) is 100 Å². The summed E-state index contributed by atoms with van der Waals surface area (Å²) in [5.74, 6) is 0.212. The van der Waals surface area contributed by atoms with Crippen molar-refractivity contribution < 1.29 is 9.59 Å². The van der Waals surface area contributed by atoms with Gasteiger partial charge in [-0.05, 0) is 51.6 Å². The first-order valence-corrected chi connectivity index (χ1v) is 11.9. The number of carbonyl (C=O) groups excluding carboxylic acids is 2. The van der Waals surface area contributed by atoms with Crippen molar-refractivity contribution in [3.63, 3.8) is 0 Å². The van der Waals surface area contributed by atoms with Crippen LogP contribution in [0.15, 0.2) is 6.20 Å². The molecule has 0 aromatic carbocycles. The van der Waals surface area contributed by atoms with Crippen molar-refractivity contribution in [2.24, 2.45) is 11.8 Å². The van der Waals surface area contributed by atoms with E-state index in [1.54, 1.807) is 6.20 Å². The molecule has 1 aliphatic heterocycles. The van der Waals surface area contributed by atoms with Crippen molar-refractivity contribution in [1.29, 1.82) is 0 Å². The van der Waals surface area contributed by atoms with E-state index in [4.69, 9.17) is 5.73 Å². The SMILES string of the molecule is C[C@@H](C(=O)NC[C@H](C(=O)NCc1cnc(N)s1)C1CCCCC1)N1CCCCC1. The molecule has 1 saturated carbocycles. The maximum absolute atomic E-state index is 13.0. The standard InChI is InChI=1S/C21H35N5O2S/c1-15(26-10-6-3-7-11-26)19(27)24-14-18(16-8-4-2-5-9-16)20(28)23-12-17-13-25-21(22)29-17/h13,15-16,18H,2-12,14H2,1H3,(H2,22,25)(H,23,28)(H,24,27)/t15-,18-/m0/s1. The summed E-state index contributed by atoms with van der Waals surface area (Å²) in [6, 6.07) is -0.134. The Morgan fingerprint density at radius 1 is 1.14 bits per heavy atom. The third-order valence-electron chi connectivity index (χ3n) is 6.38. The number of nitrogen functional groups attached to an aromatic ring is 1. The summed E-state index contributed by atoms with van der Waals surface area (Å²) in [7, 11) is 0. The van der Waals surface area contributed by atoms with E-state index in [2.05, 4.69) is 20.5 Å². The van der Waals surface area contributed by atoms with Crippen molar-refractivity contribution in [3.8, 4) is 0 Å². The third-order valence-corrected chi connectivity index (χ3v) is 7.20. The van der Waals surface area contributed by atoms with Crippen LogP contribution in [0.4, 0.5) is 5.13 Å². The van der Waals surface area contributed by atoms with Gasteiger partial charge in [-0.1, -0.05) is 25.7 Å². The molecule has 1 aromatic heterocycles. The van der Waals surface area contributed by atoms with Crippen LogP contribution in [0, 0.1) is 11.8 Å². The molecule has 162 valence electrons. The lowest BCUT2D eigenvalue weighted by Crippen LogP contribution is -2.50. The largest absolute Gasteiger partial charge is 0.375 e. The average molecular weight is 422 g/mol. The predicted molar refractivity (Wildman–Crippen MR) is 116 cm³/mol. The number of piperidine rings is 1. The van der Waals surface area contributed by atoms with Crippen LogP contribution in [-0.4, -0.2) is 47.4 Å². The predicted octanol–water partition coefficient (Wildman–Crippen LogP) is 2.53. The van der Waals surface area contributed by atoms with Crippen LogP contribution in [0.2, 0.25) is 0 Å². The lowest BCUT2D eigenvalue weighted by atomic mass is 9.79. The van der Waals surface area contributed by atoms with Crippen molar-refractivity contribution in [1.82, 2.24) is 20.5 Å². The summed E-state index contributed by atoms with van der Waals surface area (Å²) in [6.45, 7) is 4.80. The molecule has 2 heterocycles. The molecule has 2 atom stereocenters. The van der Waals surface area contributed by atoms with E-state index >= 15 is 0 Å². The number of likely N-dealkylation sites (tertiary alicyclic amines) is 1. The lowest BCUT2D eigenvalue weighted by molar-refractivity contribution is -0.129. The second-order valence-electron chi connectivity index (χ2n) is 8.40. The fourth-order valence-electron chi connectivity index (χ4n) is 4.55. The van der Waals surface area contributed by atoms with Gasteiger partial charge >= 0.3 is 0 Å². The van der Waals surface area contributed by atoms with Gasteiger partial charge in [0, 0.05) is 17.6 Å². The van der Waals surface area contributed by atoms with Gasteiger partial charge in [0.15, 0.2) is 5.13 Å². The molecule has 1 aliphatic carbocycles. The van der Waals surface area contributed by atoms with Crippen molar-refractivity contribution in [2.45, 2.75) is 70.9 Å². The number of carbonyl (C=O) groups is 2. The molecule has 2 aliphatic rings. The average Bonchev–Trinajstić information content (AvgIpc) is 3.18. The van der Waals surface area contributed by atoms with Crippen LogP contribution < -0.4 is 16.4 Å². The van der Waals surface area contributed by atoms with Gasteiger partial charge in [-0.15, -0.1) is 11.3 Å². The zero-order valence-electron chi connectivity index (χ0n) is 17.5. The highest BCUT2D eigenvalue weighted by Crippen LogP contribution is 2.30. The number of rotatable bonds is 8. The minimum absolute atomic E-state index is 0.0230. The second kappa shape index (κ2) is 10.9. The number of nitrogens with zero attached hydrogens (tertiary/aromatic N) is 2. The number of thiazole rings is 1. The number of nitrogens with one attached hydrogen (secondary N) is 2. The monoisotopic (exact) mass is 421 g/mol. The summed E-state index contributed by atoms with van der Waals surface area (Å²) in [6.07, 6.45) is 11.0. The summed E-state index contributed by atoms with van der Waals surface area (Å²) in [5.41, 5.74) is 5.68. The Balaban J connectivity index is 1.55. The van der Waals surface area contributed by atoms with E-state index in [-0.39, 0.29) is 23.8 Å². The van der Waals surface area contributed by atoms with E-state index in [1.165, 1.54) is 24.2 Å². The van der Waals surface area contributed by atoms with Gasteiger partial charge in [-0.3, -0.25) is 14.5 Å². The normalized spacial score (nSPS) is 20.7. The number of hydrogen-bond donors (Lipinski definition) is 3. The zero-order valence-corrected chi connectivity index (χ0v) is 18.3. The highest BCUT2D eigenvalue weighted by molar-refractivity contribution is 7.15. The highest BCUT2D eigenvalue weighted by atomic mass is 32.1. The van der Waals surface area contributed by atoms with Gasteiger partial charge in [0.05, 0.1) is 18.5 Å². The molecule has 3 rings (SSSR count). The van der Waals surface area contributed by atoms with Crippen LogP contribution in [0.1, 0.15) is 63.2 Å². The molecule has 0 radical (unpaired) electrons. The number of nitrogens with two attached hydrogens (primary N) is 1. The number of aromatic nitrogens is 1. The molecule has 1 saturated heterocycles. The van der Waals surface area contributed by atoms with E-state index in [9.17, 15) is 9.59 Å². The third kappa shape index (κ3) is 6.40. The molecule has 0 unspecified atom stereocenters. The van der Waals surface area contributed by atoms with Gasteiger partial charge in [-0.25, -0.2) is 4.98 Å². The van der Waals surface area contributed by atoms with Crippen LogP contribution in [0.3, 0.4) is 0 Å². The second-order valence-corrected chi connectivity index (χ2v) is 9.55. The Labute approximate surface area is 177 Å². The van der Waals surface area contributed by atoms with Crippen LogP contribution >= 0.6 is 11.3 Å². The van der Waals surface area contributed by atoms with Crippen LogP contribution in [0.5, 0.6) is 0 Å². The molecular formula is C21H35N5O2S. The van der Waals surface area contributed by atoms with Crippen molar-refractivity contribution >= 4 is 28.3 Å². The Bertz CT molecular complexity index is 668. The van der Waals surface area contributed by atoms with Crippen molar-refractivity contribution in [3.05, 3.63) is 11.1 Å². The minimum Gasteiger partial charge on any atom is -0.375 e. The quantitative estimate of drug-likeness (QED) is 0.599. The molecule has 7 nitrogen and oxygen atoms in total. The lowest BCUT2D eigenvalue weighted by Gasteiger charge is -2.33. The van der Waals surface area contributed by atoms with Gasteiger partial charge in [0.2, 0.25) is 11.8 Å². The van der Waals surface area contributed by atoms with Gasteiger partial charge in [-0.2, -0.15) is 0 Å². The Morgan fingerprint density at radius 2 is 1.83 bits per heavy atom. The first-order chi connectivity index (χ1) is 14.0. The molecule has 29 heavy (non-hydrogen) atoms. The molecule has 0 bridgehead atoms. The van der Waals surface area contributed by atoms with Gasteiger partial charge in [0.25, 0.3) is 0 Å². The molecule has 2 amide bonds. The number of hydrogen-bond acceptors (Lipinski definition) is 6. The van der Waals surface area contributed by atoms with E-state index < -0.39 is 0 Å². The first-order valence-electron chi connectivity index (χ1n) is 11.0. The molecular weight excluding hydrogens is 386 g/mol. The van der Waals surface area contributed by atoms with E-state index in [0.29, 0.717) is 24.1 Å². The molecule has 4 N–H and O–H groups in total. The molecule has 2 fully saturated rings. The van der Waals surface area contributed by atoms with E-state index in [1.807, 2.05) is 6.92 Å². The minimum atomic E-state index is -0.182. The number of anilines is 1. The molecule has 1 aromatic rings. The maximum Gasteiger partial charge on any atom is 0.237 e. The van der Waals surface area contributed by atoms with Crippen molar-refractivity contribution in [2.75, 3.05) is 25.4 Å².